The van der Waals surface area contributed by atoms with E-state index < -0.39 is 0 Å². The van der Waals surface area contributed by atoms with Crippen LogP contribution >= 0.6 is 11.3 Å². The van der Waals surface area contributed by atoms with Crippen LogP contribution in [-0.2, 0) is 9.59 Å². The van der Waals surface area contributed by atoms with Crippen LogP contribution in [0.5, 0.6) is 0 Å². The third-order valence-electron chi connectivity index (χ3n) is 3.96. The average molecular weight is 302 g/mol. The third-order valence-corrected chi connectivity index (χ3v) is 4.93. The molecule has 2 amide bonds. The Morgan fingerprint density at radius 2 is 2.19 bits per heavy atom. The fourth-order valence-corrected chi connectivity index (χ4v) is 3.90. The summed E-state index contributed by atoms with van der Waals surface area (Å²) in [7, 11) is 0. The molecule has 2 aliphatic heterocycles. The molecule has 2 fully saturated rings. The van der Waals surface area contributed by atoms with E-state index in [0.29, 0.717) is 13.0 Å². The summed E-state index contributed by atoms with van der Waals surface area (Å²) < 4.78 is 1.13. The van der Waals surface area contributed by atoms with Crippen molar-refractivity contribution in [2.45, 2.75) is 18.5 Å². The van der Waals surface area contributed by atoms with Gasteiger partial charge in [-0.1, -0.05) is 23.5 Å². The lowest BCUT2D eigenvalue weighted by Gasteiger charge is -2.28. The Morgan fingerprint density at radius 3 is 3.00 bits per heavy atom. The zero-order valence-corrected chi connectivity index (χ0v) is 12.0. The topological polar surface area (TPSA) is 74.3 Å². The van der Waals surface area contributed by atoms with Crippen LogP contribution < -0.4 is 10.6 Å². The Morgan fingerprint density at radius 1 is 1.33 bits per heavy atom. The highest BCUT2D eigenvalue weighted by Crippen LogP contribution is 2.29. The van der Waals surface area contributed by atoms with E-state index in [2.05, 4.69) is 15.6 Å². The minimum absolute atomic E-state index is 0.00630. The van der Waals surface area contributed by atoms with Gasteiger partial charge in [0.25, 0.3) is 0 Å². The van der Waals surface area contributed by atoms with E-state index in [0.717, 1.165) is 15.3 Å². The standard InChI is InChI=1S/C14H14N4O2S/c19-12-6-15-13(20)10-5-8(7-18(10)12)16-14-17-9-3-1-2-4-11(9)21-14/h1-4,8,10H,5-7H2,(H,15,20)(H,16,17)/t8-,10+/m1/s1. The van der Waals surface area contributed by atoms with Crippen LogP contribution in [0.4, 0.5) is 5.13 Å². The molecule has 2 atom stereocenters. The first-order valence-electron chi connectivity index (χ1n) is 6.90. The Labute approximate surface area is 125 Å². The van der Waals surface area contributed by atoms with Gasteiger partial charge in [-0.05, 0) is 18.6 Å². The quantitative estimate of drug-likeness (QED) is 0.861. The number of benzene rings is 1. The second kappa shape index (κ2) is 4.70. The van der Waals surface area contributed by atoms with E-state index in [1.807, 2.05) is 24.3 Å². The summed E-state index contributed by atoms with van der Waals surface area (Å²) in [4.78, 5) is 29.9. The van der Waals surface area contributed by atoms with E-state index in [1.165, 1.54) is 0 Å². The van der Waals surface area contributed by atoms with E-state index in [4.69, 9.17) is 0 Å². The minimum atomic E-state index is -0.335. The first-order valence-corrected chi connectivity index (χ1v) is 7.71. The van der Waals surface area contributed by atoms with E-state index >= 15 is 0 Å². The summed E-state index contributed by atoms with van der Waals surface area (Å²) in [6.07, 6.45) is 0.632. The molecule has 6 nitrogen and oxygen atoms in total. The average Bonchev–Trinajstić information content (AvgIpc) is 3.07. The number of anilines is 1. The molecule has 108 valence electrons. The smallest absolute Gasteiger partial charge is 0.243 e. The van der Waals surface area contributed by atoms with Gasteiger partial charge in [-0.3, -0.25) is 9.59 Å². The maximum absolute atomic E-state index is 11.8. The largest absolute Gasteiger partial charge is 0.357 e. The van der Waals surface area contributed by atoms with Gasteiger partial charge in [-0.15, -0.1) is 0 Å². The molecule has 1 aromatic carbocycles. The summed E-state index contributed by atoms with van der Waals surface area (Å²) in [5.41, 5.74) is 0.967. The lowest BCUT2D eigenvalue weighted by Crippen LogP contribution is -2.55. The number of piperazine rings is 1. The molecule has 21 heavy (non-hydrogen) atoms. The number of carbonyl (C=O) groups is 2. The lowest BCUT2D eigenvalue weighted by atomic mass is 10.1. The summed E-state index contributed by atoms with van der Waals surface area (Å²) in [5, 5.41) is 6.84. The van der Waals surface area contributed by atoms with Crippen molar-refractivity contribution in [3.05, 3.63) is 24.3 Å². The van der Waals surface area contributed by atoms with Crippen LogP contribution in [-0.4, -0.2) is 46.9 Å². The Kier molecular flexibility index (Phi) is 2.81. The monoisotopic (exact) mass is 302 g/mol. The molecule has 0 bridgehead atoms. The normalized spacial score (nSPS) is 25.0. The molecule has 2 aromatic rings. The molecule has 1 aromatic heterocycles. The number of hydrogen-bond acceptors (Lipinski definition) is 5. The van der Waals surface area contributed by atoms with Gasteiger partial charge in [-0.25, -0.2) is 4.98 Å². The first-order chi connectivity index (χ1) is 10.2. The number of nitrogens with one attached hydrogen (secondary N) is 2. The highest BCUT2D eigenvalue weighted by atomic mass is 32.1. The number of carbonyl (C=O) groups excluding carboxylic acids is 2. The highest BCUT2D eigenvalue weighted by molar-refractivity contribution is 7.22. The molecule has 0 radical (unpaired) electrons. The van der Waals surface area contributed by atoms with Crippen molar-refractivity contribution in [1.82, 2.24) is 15.2 Å². The van der Waals surface area contributed by atoms with Crippen molar-refractivity contribution in [3.63, 3.8) is 0 Å². The second-order valence-electron chi connectivity index (χ2n) is 5.34. The van der Waals surface area contributed by atoms with Crippen LogP contribution in [0.25, 0.3) is 10.2 Å². The molecular formula is C14H14N4O2S. The van der Waals surface area contributed by atoms with Gasteiger partial charge in [-0.2, -0.15) is 0 Å². The maximum Gasteiger partial charge on any atom is 0.243 e. The molecule has 0 aliphatic carbocycles. The van der Waals surface area contributed by atoms with Gasteiger partial charge < -0.3 is 15.5 Å². The van der Waals surface area contributed by atoms with Gasteiger partial charge in [0.05, 0.1) is 16.8 Å². The van der Waals surface area contributed by atoms with E-state index in [-0.39, 0.29) is 30.4 Å². The molecule has 0 spiro atoms. The van der Waals surface area contributed by atoms with E-state index in [1.54, 1.807) is 16.2 Å². The maximum atomic E-state index is 11.8. The van der Waals surface area contributed by atoms with Gasteiger partial charge in [0, 0.05) is 12.6 Å². The number of rotatable bonds is 2. The van der Waals surface area contributed by atoms with Crippen molar-refractivity contribution in [2.24, 2.45) is 0 Å². The van der Waals surface area contributed by atoms with Gasteiger partial charge >= 0.3 is 0 Å². The minimum Gasteiger partial charge on any atom is -0.357 e. The fourth-order valence-electron chi connectivity index (χ4n) is 2.96. The summed E-state index contributed by atoms with van der Waals surface area (Å²) >= 11 is 1.59. The number of fused-ring (bicyclic) bond motifs is 2. The Balaban J connectivity index is 1.53. The number of thiazole rings is 1. The zero-order chi connectivity index (χ0) is 14.4. The summed E-state index contributed by atoms with van der Waals surface area (Å²) in [6.45, 7) is 0.677. The van der Waals surface area contributed by atoms with Crippen molar-refractivity contribution in [2.75, 3.05) is 18.4 Å². The number of hydrogen-bond donors (Lipinski definition) is 2. The second-order valence-corrected chi connectivity index (χ2v) is 6.37. The van der Waals surface area contributed by atoms with Crippen molar-refractivity contribution < 1.29 is 9.59 Å². The molecule has 2 aliphatic rings. The molecule has 2 saturated heterocycles. The fraction of sp³-hybridized carbons (Fsp3) is 0.357. The molecule has 2 N–H and O–H groups in total. The predicted octanol–water partition coefficient (Wildman–Crippen LogP) is 0.807. The van der Waals surface area contributed by atoms with Gasteiger partial charge in [0.1, 0.15) is 6.04 Å². The number of aromatic nitrogens is 1. The molecule has 3 heterocycles. The molecule has 0 unspecified atom stereocenters. The van der Waals surface area contributed by atoms with Crippen molar-refractivity contribution in [3.8, 4) is 0 Å². The molecule has 7 heteroatoms. The molecule has 0 saturated carbocycles. The highest BCUT2D eigenvalue weighted by Gasteiger charge is 2.42. The van der Waals surface area contributed by atoms with Crippen LogP contribution in [0.2, 0.25) is 0 Å². The number of amides is 2. The summed E-state index contributed by atoms with van der Waals surface area (Å²) in [6, 6.07) is 7.70. The van der Waals surface area contributed by atoms with Gasteiger partial charge in [0.2, 0.25) is 11.8 Å². The Hall–Kier alpha value is -2.15. The molecular weight excluding hydrogens is 288 g/mol. The van der Waals surface area contributed by atoms with E-state index in [9.17, 15) is 9.59 Å². The predicted molar refractivity (Wildman–Crippen MR) is 80.2 cm³/mol. The van der Waals surface area contributed by atoms with Crippen molar-refractivity contribution in [1.29, 1.82) is 0 Å². The first kappa shape index (κ1) is 12.6. The zero-order valence-electron chi connectivity index (χ0n) is 11.2. The van der Waals surface area contributed by atoms with Crippen LogP contribution in [0.15, 0.2) is 24.3 Å². The molecule has 4 rings (SSSR count). The van der Waals surface area contributed by atoms with Crippen molar-refractivity contribution >= 4 is 38.5 Å². The van der Waals surface area contributed by atoms with Crippen LogP contribution in [0.3, 0.4) is 0 Å². The SMILES string of the molecule is O=C1NCC(=O)N2C[C@H](Nc3nc4ccccc4s3)C[C@@H]12. The van der Waals surface area contributed by atoms with Gasteiger partial charge in [0.15, 0.2) is 5.13 Å². The lowest BCUT2D eigenvalue weighted by molar-refractivity contribution is -0.143. The number of nitrogens with zero attached hydrogens (tertiary/aromatic N) is 2. The van der Waals surface area contributed by atoms with Crippen LogP contribution in [0, 0.1) is 0 Å². The van der Waals surface area contributed by atoms with Crippen LogP contribution in [0.1, 0.15) is 6.42 Å². The summed E-state index contributed by atoms with van der Waals surface area (Å²) in [5.74, 6) is -0.0589. The third kappa shape index (κ3) is 2.13. The number of para-hydroxylation sites is 1. The Bertz CT molecular complexity index is 672.